The molecule has 0 radical (unpaired) electrons. The second-order valence-electron chi connectivity index (χ2n) is 8.58. The highest BCUT2D eigenvalue weighted by atomic mass is 19.1. The largest absolute Gasteiger partial charge is 0.369 e. The second kappa shape index (κ2) is 9.57. The highest BCUT2D eigenvalue weighted by Crippen LogP contribution is 2.29. The topological polar surface area (TPSA) is 118 Å². The number of carbonyl (C=O) groups is 1. The number of aromatic nitrogens is 5. The predicted molar refractivity (Wildman–Crippen MR) is 132 cm³/mol. The molecular formula is C25H25FN8O. The van der Waals surface area contributed by atoms with Crippen LogP contribution in [0.5, 0.6) is 0 Å². The number of benzene rings is 1. The maximum Gasteiger partial charge on any atom is 0.251 e. The number of nitrogens with one attached hydrogen (secondary N) is 3. The number of halogens is 1. The molecule has 1 unspecified atom stereocenters. The number of hydrogen-bond acceptors (Lipinski definition) is 8. The van der Waals surface area contributed by atoms with Gasteiger partial charge >= 0.3 is 0 Å². The van der Waals surface area contributed by atoms with Crippen LogP contribution in [0, 0.1) is 5.82 Å². The first-order valence-corrected chi connectivity index (χ1v) is 11.5. The quantitative estimate of drug-likeness (QED) is 0.355. The van der Waals surface area contributed by atoms with E-state index in [1.165, 1.54) is 31.7 Å². The third-order valence-corrected chi connectivity index (χ3v) is 5.99. The number of carbonyl (C=O) groups excluding carboxylic acids is 1. The molecule has 3 N–H and O–H groups in total. The van der Waals surface area contributed by atoms with Crippen molar-refractivity contribution in [2.45, 2.75) is 31.7 Å². The van der Waals surface area contributed by atoms with Crippen molar-refractivity contribution >= 4 is 28.6 Å². The molecule has 1 aliphatic carbocycles. The zero-order valence-electron chi connectivity index (χ0n) is 19.4. The van der Waals surface area contributed by atoms with E-state index >= 15 is 0 Å². The first-order valence-electron chi connectivity index (χ1n) is 11.5. The van der Waals surface area contributed by atoms with E-state index in [1.807, 2.05) is 13.0 Å². The fourth-order valence-electron chi connectivity index (χ4n) is 3.89. The van der Waals surface area contributed by atoms with Gasteiger partial charge in [0.2, 0.25) is 5.95 Å². The summed E-state index contributed by atoms with van der Waals surface area (Å²) in [5.41, 5.74) is 3.07. The molecule has 4 aromatic rings. The van der Waals surface area contributed by atoms with Gasteiger partial charge < -0.3 is 16.0 Å². The normalized spacial score (nSPS) is 13.9. The fraction of sp³-hybridized carbons (Fsp3) is 0.280. The average Bonchev–Trinajstić information content (AvgIpc) is 3.71. The lowest BCUT2D eigenvalue weighted by Gasteiger charge is -2.17. The molecule has 3 aromatic heterocycles. The molecule has 10 heteroatoms. The van der Waals surface area contributed by atoms with E-state index in [2.05, 4.69) is 40.9 Å². The molecule has 1 saturated carbocycles. The molecule has 1 amide bonds. The minimum absolute atomic E-state index is 0.0416. The molecular weight excluding hydrogens is 447 g/mol. The smallest absolute Gasteiger partial charge is 0.251 e. The Morgan fingerprint density at radius 3 is 2.66 bits per heavy atom. The number of hydrogen-bond donors (Lipinski definition) is 3. The first-order chi connectivity index (χ1) is 17.0. The van der Waals surface area contributed by atoms with Crippen LogP contribution in [-0.2, 0) is 0 Å². The minimum Gasteiger partial charge on any atom is -0.369 e. The van der Waals surface area contributed by atoms with Crippen molar-refractivity contribution in [1.29, 1.82) is 0 Å². The van der Waals surface area contributed by atoms with Crippen LogP contribution >= 0.6 is 0 Å². The van der Waals surface area contributed by atoms with Crippen molar-refractivity contribution in [1.82, 2.24) is 30.2 Å². The molecule has 1 aromatic carbocycles. The first kappa shape index (κ1) is 22.6. The SMILES string of the molecule is CNC(=O)c1ccnc2c(C(C)CNc3cc(-c4cnc(NC5CC5)nc4)ncn3)ccc(F)c12. The Morgan fingerprint density at radius 2 is 1.91 bits per heavy atom. The Balaban J connectivity index is 1.33. The van der Waals surface area contributed by atoms with Gasteiger partial charge in [0.25, 0.3) is 5.91 Å². The lowest BCUT2D eigenvalue weighted by molar-refractivity contribution is 0.0964. The second-order valence-corrected chi connectivity index (χ2v) is 8.58. The van der Waals surface area contributed by atoms with Crippen molar-refractivity contribution in [2.24, 2.45) is 0 Å². The van der Waals surface area contributed by atoms with Gasteiger partial charge in [0.05, 0.1) is 16.8 Å². The Hall–Kier alpha value is -4.21. The van der Waals surface area contributed by atoms with Crippen molar-refractivity contribution in [2.75, 3.05) is 24.2 Å². The van der Waals surface area contributed by atoms with E-state index in [0.29, 0.717) is 35.6 Å². The van der Waals surface area contributed by atoms with E-state index in [1.54, 1.807) is 18.5 Å². The highest BCUT2D eigenvalue weighted by molar-refractivity contribution is 6.06. The van der Waals surface area contributed by atoms with Crippen LogP contribution < -0.4 is 16.0 Å². The van der Waals surface area contributed by atoms with Gasteiger partial charge in [-0.25, -0.2) is 24.3 Å². The predicted octanol–water partition coefficient (Wildman–Crippen LogP) is 3.77. The van der Waals surface area contributed by atoms with Crippen molar-refractivity contribution in [3.8, 4) is 11.3 Å². The van der Waals surface area contributed by atoms with Crippen LogP contribution in [0.15, 0.2) is 49.2 Å². The van der Waals surface area contributed by atoms with E-state index < -0.39 is 5.82 Å². The number of nitrogens with zero attached hydrogens (tertiary/aromatic N) is 5. The van der Waals surface area contributed by atoms with E-state index in [-0.39, 0.29) is 22.8 Å². The van der Waals surface area contributed by atoms with Gasteiger partial charge in [-0.3, -0.25) is 9.78 Å². The summed E-state index contributed by atoms with van der Waals surface area (Å²) >= 11 is 0. The van der Waals surface area contributed by atoms with Crippen molar-refractivity contribution in [3.05, 3.63) is 66.1 Å². The third kappa shape index (κ3) is 4.86. The summed E-state index contributed by atoms with van der Waals surface area (Å²) in [5.74, 6) is 0.398. The van der Waals surface area contributed by atoms with Crippen LogP contribution in [0.1, 0.15) is 41.6 Å². The summed E-state index contributed by atoms with van der Waals surface area (Å²) in [7, 11) is 1.52. The van der Waals surface area contributed by atoms with Crippen molar-refractivity contribution < 1.29 is 9.18 Å². The van der Waals surface area contributed by atoms with Gasteiger partial charge in [-0.05, 0) is 30.5 Å². The summed E-state index contributed by atoms with van der Waals surface area (Å²) in [6.45, 7) is 2.53. The van der Waals surface area contributed by atoms with Gasteiger partial charge in [-0.2, -0.15) is 0 Å². The molecule has 1 fully saturated rings. The lowest BCUT2D eigenvalue weighted by atomic mass is 9.95. The number of fused-ring (bicyclic) bond motifs is 1. The number of rotatable bonds is 8. The Morgan fingerprint density at radius 1 is 1.11 bits per heavy atom. The third-order valence-electron chi connectivity index (χ3n) is 5.99. The van der Waals surface area contributed by atoms with Crippen LogP contribution in [0.25, 0.3) is 22.2 Å². The van der Waals surface area contributed by atoms with E-state index in [4.69, 9.17) is 0 Å². The molecule has 9 nitrogen and oxygen atoms in total. The molecule has 3 heterocycles. The van der Waals surface area contributed by atoms with Crippen LogP contribution in [0.4, 0.5) is 16.2 Å². The molecule has 0 bridgehead atoms. The maximum atomic E-state index is 14.7. The summed E-state index contributed by atoms with van der Waals surface area (Å²) in [6.07, 6.45) is 8.82. The monoisotopic (exact) mass is 472 g/mol. The van der Waals surface area contributed by atoms with Crippen LogP contribution in [-0.4, -0.2) is 50.5 Å². The maximum absolute atomic E-state index is 14.7. The zero-order chi connectivity index (χ0) is 24.4. The fourth-order valence-corrected chi connectivity index (χ4v) is 3.89. The van der Waals surface area contributed by atoms with Crippen LogP contribution in [0.3, 0.4) is 0 Å². The summed E-state index contributed by atoms with van der Waals surface area (Å²) in [6, 6.07) is 6.95. The summed E-state index contributed by atoms with van der Waals surface area (Å²) in [4.78, 5) is 34.0. The van der Waals surface area contributed by atoms with E-state index in [0.717, 1.165) is 24.0 Å². The molecule has 5 rings (SSSR count). The van der Waals surface area contributed by atoms with Gasteiger partial charge in [0.15, 0.2) is 0 Å². The minimum atomic E-state index is -0.475. The number of amides is 1. The number of anilines is 2. The van der Waals surface area contributed by atoms with Crippen LogP contribution in [0.2, 0.25) is 0 Å². The molecule has 0 saturated heterocycles. The molecule has 1 aliphatic rings. The summed E-state index contributed by atoms with van der Waals surface area (Å²) < 4.78 is 14.7. The Kier molecular flexibility index (Phi) is 6.17. The van der Waals surface area contributed by atoms with Gasteiger partial charge in [0.1, 0.15) is 18.0 Å². The Bertz CT molecular complexity index is 1370. The molecule has 178 valence electrons. The van der Waals surface area contributed by atoms with Crippen molar-refractivity contribution in [3.63, 3.8) is 0 Å². The lowest BCUT2D eigenvalue weighted by Crippen LogP contribution is -2.19. The highest BCUT2D eigenvalue weighted by Gasteiger charge is 2.22. The van der Waals surface area contributed by atoms with Gasteiger partial charge in [-0.1, -0.05) is 13.0 Å². The standard InChI is InChI=1S/C25H25FN8O/c1-14(17-5-6-19(26)22-18(24(35)27-2)7-8-28-23(17)22)10-29-21-9-20(32-13-33-21)15-11-30-25(31-12-15)34-16-3-4-16/h5-9,11-14,16H,3-4,10H2,1-2H3,(H,27,35)(H,29,32,33)(H,30,31,34). The molecule has 0 aliphatic heterocycles. The van der Waals surface area contributed by atoms with Gasteiger partial charge in [-0.15, -0.1) is 0 Å². The van der Waals surface area contributed by atoms with E-state index in [9.17, 15) is 9.18 Å². The summed E-state index contributed by atoms with van der Waals surface area (Å²) in [5, 5.41) is 9.37. The molecule has 1 atom stereocenters. The van der Waals surface area contributed by atoms with Gasteiger partial charge in [0, 0.05) is 61.2 Å². The Labute approximate surface area is 201 Å². The average molecular weight is 473 g/mol. The molecule has 0 spiro atoms. The zero-order valence-corrected chi connectivity index (χ0v) is 19.4. The number of pyridine rings is 1. The molecule has 35 heavy (non-hydrogen) atoms.